The van der Waals surface area contributed by atoms with Crippen molar-refractivity contribution < 1.29 is 19.1 Å². The Morgan fingerprint density at radius 1 is 1.26 bits per heavy atom. The van der Waals surface area contributed by atoms with E-state index in [4.69, 9.17) is 16.3 Å². The van der Waals surface area contributed by atoms with Crippen molar-refractivity contribution in [2.45, 2.75) is 18.3 Å². The predicted molar refractivity (Wildman–Crippen MR) is 105 cm³/mol. The fourth-order valence-electron chi connectivity index (χ4n) is 3.69. The molecule has 2 fully saturated rings. The van der Waals surface area contributed by atoms with Gasteiger partial charge in [0.15, 0.2) is 0 Å². The second kappa shape index (κ2) is 8.63. The van der Waals surface area contributed by atoms with Crippen molar-refractivity contribution in [1.82, 2.24) is 9.80 Å². The molecule has 0 spiro atoms. The van der Waals surface area contributed by atoms with Crippen LogP contribution in [-0.4, -0.2) is 72.4 Å². The molecule has 0 radical (unpaired) electrons. The zero-order valence-electron chi connectivity index (χ0n) is 15.3. The standard InChI is InChI=1S/C19H23ClN2O4S/c1-26-9-6-22-17(24)13-19(18(22)25,14-4-2-3-5-15(14)20)12-16(23)21-7-10-27-11-8-21/h2-5H,6-13H2,1H3. The number of rotatable bonds is 6. The van der Waals surface area contributed by atoms with Crippen molar-refractivity contribution in [2.75, 3.05) is 44.9 Å². The molecule has 0 aromatic heterocycles. The van der Waals surface area contributed by atoms with Gasteiger partial charge in [-0.3, -0.25) is 19.3 Å². The van der Waals surface area contributed by atoms with Crippen molar-refractivity contribution in [1.29, 1.82) is 0 Å². The normalized spacial score (nSPS) is 23.2. The molecule has 1 atom stereocenters. The molecular formula is C19H23ClN2O4S. The first kappa shape index (κ1) is 20.2. The van der Waals surface area contributed by atoms with Crippen molar-refractivity contribution in [2.24, 2.45) is 0 Å². The number of nitrogens with zero attached hydrogens (tertiary/aromatic N) is 2. The molecule has 3 amide bonds. The number of imide groups is 1. The summed E-state index contributed by atoms with van der Waals surface area (Å²) in [6, 6.07) is 6.98. The molecule has 3 rings (SSSR count). The van der Waals surface area contributed by atoms with E-state index in [2.05, 4.69) is 0 Å². The van der Waals surface area contributed by atoms with E-state index in [0.717, 1.165) is 11.5 Å². The fraction of sp³-hybridized carbons (Fsp3) is 0.526. The molecule has 1 aromatic rings. The second-order valence-corrected chi connectivity index (χ2v) is 8.38. The van der Waals surface area contributed by atoms with Crippen molar-refractivity contribution in [3.8, 4) is 0 Å². The highest BCUT2D eigenvalue weighted by atomic mass is 35.5. The summed E-state index contributed by atoms with van der Waals surface area (Å²) >= 11 is 8.20. The van der Waals surface area contributed by atoms with Crippen LogP contribution in [0, 0.1) is 0 Å². The van der Waals surface area contributed by atoms with Gasteiger partial charge in [0, 0.05) is 49.6 Å². The van der Waals surface area contributed by atoms with Crippen LogP contribution in [0.3, 0.4) is 0 Å². The van der Waals surface area contributed by atoms with Gasteiger partial charge in [-0.05, 0) is 11.6 Å². The van der Waals surface area contributed by atoms with E-state index in [9.17, 15) is 14.4 Å². The number of thioether (sulfide) groups is 1. The number of ether oxygens (including phenoxy) is 1. The first-order valence-electron chi connectivity index (χ1n) is 8.94. The predicted octanol–water partition coefficient (Wildman–Crippen LogP) is 1.95. The average molecular weight is 411 g/mol. The number of methoxy groups -OCH3 is 1. The van der Waals surface area contributed by atoms with Gasteiger partial charge >= 0.3 is 0 Å². The van der Waals surface area contributed by atoms with Crippen LogP contribution in [0.1, 0.15) is 18.4 Å². The number of halogens is 1. The van der Waals surface area contributed by atoms with Crippen LogP contribution in [0.2, 0.25) is 5.02 Å². The molecule has 146 valence electrons. The van der Waals surface area contributed by atoms with Gasteiger partial charge in [-0.1, -0.05) is 29.8 Å². The van der Waals surface area contributed by atoms with Crippen LogP contribution >= 0.6 is 23.4 Å². The first-order valence-corrected chi connectivity index (χ1v) is 10.5. The third-order valence-electron chi connectivity index (χ3n) is 5.13. The second-order valence-electron chi connectivity index (χ2n) is 6.75. The van der Waals surface area contributed by atoms with Gasteiger partial charge in [0.05, 0.1) is 18.6 Å². The largest absolute Gasteiger partial charge is 0.383 e. The summed E-state index contributed by atoms with van der Waals surface area (Å²) in [6.07, 6.45) is -0.0942. The molecule has 0 saturated carbocycles. The highest BCUT2D eigenvalue weighted by molar-refractivity contribution is 7.99. The maximum Gasteiger partial charge on any atom is 0.241 e. The van der Waals surface area contributed by atoms with E-state index in [1.807, 2.05) is 11.8 Å². The molecular weight excluding hydrogens is 388 g/mol. The summed E-state index contributed by atoms with van der Waals surface area (Å²) in [5, 5.41) is 0.397. The number of carbonyl (C=O) groups excluding carboxylic acids is 3. The lowest BCUT2D eigenvalue weighted by molar-refractivity contribution is -0.143. The zero-order chi connectivity index (χ0) is 19.4. The number of hydrogen-bond acceptors (Lipinski definition) is 5. The van der Waals surface area contributed by atoms with Crippen molar-refractivity contribution >= 4 is 41.1 Å². The molecule has 6 nitrogen and oxygen atoms in total. The Morgan fingerprint density at radius 3 is 2.63 bits per heavy atom. The van der Waals surface area contributed by atoms with Gasteiger partial charge < -0.3 is 9.64 Å². The summed E-state index contributed by atoms with van der Waals surface area (Å²) in [6.45, 7) is 1.76. The van der Waals surface area contributed by atoms with Gasteiger partial charge in [0.1, 0.15) is 0 Å². The number of amides is 3. The van der Waals surface area contributed by atoms with Crippen molar-refractivity contribution in [3.63, 3.8) is 0 Å². The van der Waals surface area contributed by atoms with Gasteiger partial charge in [0.25, 0.3) is 0 Å². The zero-order valence-corrected chi connectivity index (χ0v) is 16.9. The van der Waals surface area contributed by atoms with Gasteiger partial charge in [-0.15, -0.1) is 0 Å². The molecule has 0 aliphatic carbocycles. The van der Waals surface area contributed by atoms with Crippen LogP contribution in [0.5, 0.6) is 0 Å². The molecule has 1 aromatic carbocycles. The van der Waals surface area contributed by atoms with Crippen LogP contribution in [0.4, 0.5) is 0 Å². The van der Waals surface area contributed by atoms with Crippen LogP contribution < -0.4 is 0 Å². The lowest BCUT2D eigenvalue weighted by Crippen LogP contribution is -2.46. The Labute approximate surface area is 168 Å². The van der Waals surface area contributed by atoms with E-state index >= 15 is 0 Å². The molecule has 1 unspecified atom stereocenters. The summed E-state index contributed by atoms with van der Waals surface area (Å²) < 4.78 is 5.02. The maximum absolute atomic E-state index is 13.3. The highest BCUT2D eigenvalue weighted by Gasteiger charge is 2.54. The number of carbonyl (C=O) groups is 3. The van der Waals surface area contributed by atoms with E-state index in [1.54, 1.807) is 29.2 Å². The van der Waals surface area contributed by atoms with E-state index in [1.165, 1.54) is 12.0 Å². The van der Waals surface area contributed by atoms with Crippen LogP contribution in [0.25, 0.3) is 0 Å². The Morgan fingerprint density at radius 2 is 1.96 bits per heavy atom. The number of benzene rings is 1. The Hall–Kier alpha value is -1.57. The molecule has 0 N–H and O–H groups in total. The minimum absolute atomic E-state index is 0.0462. The molecule has 8 heteroatoms. The van der Waals surface area contributed by atoms with E-state index in [-0.39, 0.29) is 43.7 Å². The van der Waals surface area contributed by atoms with Gasteiger partial charge in [0.2, 0.25) is 17.7 Å². The topological polar surface area (TPSA) is 66.9 Å². The minimum atomic E-state index is -1.25. The monoisotopic (exact) mass is 410 g/mol. The number of likely N-dealkylation sites (tertiary alicyclic amines) is 1. The summed E-state index contributed by atoms with van der Waals surface area (Å²) in [7, 11) is 1.52. The summed E-state index contributed by atoms with van der Waals surface area (Å²) in [4.78, 5) is 41.9. The van der Waals surface area contributed by atoms with E-state index < -0.39 is 5.41 Å². The summed E-state index contributed by atoms with van der Waals surface area (Å²) in [5.41, 5.74) is -0.699. The molecule has 27 heavy (non-hydrogen) atoms. The smallest absolute Gasteiger partial charge is 0.241 e. The highest BCUT2D eigenvalue weighted by Crippen LogP contribution is 2.43. The van der Waals surface area contributed by atoms with Gasteiger partial charge in [-0.25, -0.2) is 0 Å². The molecule has 0 bridgehead atoms. The Bertz CT molecular complexity index is 738. The lowest BCUT2D eigenvalue weighted by atomic mass is 9.75. The quantitative estimate of drug-likeness (QED) is 0.670. The molecule has 2 heterocycles. The minimum Gasteiger partial charge on any atom is -0.383 e. The summed E-state index contributed by atoms with van der Waals surface area (Å²) in [5.74, 6) is 1.01. The van der Waals surface area contributed by atoms with E-state index in [0.29, 0.717) is 23.7 Å². The SMILES string of the molecule is COCCN1C(=O)CC(CC(=O)N2CCSCC2)(c2ccccc2Cl)C1=O. The van der Waals surface area contributed by atoms with Crippen LogP contribution in [0.15, 0.2) is 24.3 Å². The fourth-order valence-corrected chi connectivity index (χ4v) is 4.91. The number of hydrogen-bond donors (Lipinski definition) is 0. The molecule has 2 aliphatic heterocycles. The van der Waals surface area contributed by atoms with Gasteiger partial charge in [-0.2, -0.15) is 11.8 Å². The Balaban J connectivity index is 1.95. The molecule has 2 saturated heterocycles. The average Bonchev–Trinajstić information content (AvgIpc) is 2.91. The maximum atomic E-state index is 13.3. The van der Waals surface area contributed by atoms with Crippen molar-refractivity contribution in [3.05, 3.63) is 34.9 Å². The Kier molecular flexibility index (Phi) is 6.44. The first-order chi connectivity index (χ1) is 13.0. The lowest BCUT2D eigenvalue weighted by Gasteiger charge is -2.32. The third-order valence-corrected chi connectivity index (χ3v) is 6.41. The van der Waals surface area contributed by atoms with Crippen LogP contribution in [-0.2, 0) is 24.5 Å². The third kappa shape index (κ3) is 4.00. The molecule has 2 aliphatic rings.